The molecule has 0 aliphatic carbocycles. The van der Waals surface area contributed by atoms with Crippen molar-refractivity contribution in [1.29, 1.82) is 0 Å². The van der Waals surface area contributed by atoms with Crippen molar-refractivity contribution in [2.45, 2.75) is 45.3 Å². The average molecular weight is 318 g/mol. The zero-order valence-electron chi connectivity index (χ0n) is 13.9. The van der Waals surface area contributed by atoms with Crippen molar-refractivity contribution in [3.8, 4) is 0 Å². The Morgan fingerprint density at radius 2 is 2.00 bits per heavy atom. The van der Waals surface area contributed by atoms with Gasteiger partial charge < -0.3 is 15.3 Å². The summed E-state index contributed by atoms with van der Waals surface area (Å²) in [6.45, 7) is 4.72. The van der Waals surface area contributed by atoms with Gasteiger partial charge in [-0.3, -0.25) is 9.59 Å². The first-order chi connectivity index (χ1) is 11.0. The van der Waals surface area contributed by atoms with Gasteiger partial charge in [0, 0.05) is 25.9 Å². The fraction of sp³-hybridized carbons (Fsp3) is 0.556. The van der Waals surface area contributed by atoms with Gasteiger partial charge in [0.1, 0.15) is 6.04 Å². The summed E-state index contributed by atoms with van der Waals surface area (Å²) in [5.74, 6) is -0.0886. The summed E-state index contributed by atoms with van der Waals surface area (Å²) in [6.07, 6.45) is 1.19. The predicted molar refractivity (Wildman–Crippen MR) is 88.7 cm³/mol. The summed E-state index contributed by atoms with van der Waals surface area (Å²) < 4.78 is 0. The molecule has 0 aromatic heterocycles. The van der Waals surface area contributed by atoms with E-state index in [1.165, 1.54) is 0 Å². The second kappa shape index (κ2) is 8.11. The topological polar surface area (TPSA) is 69.6 Å². The minimum absolute atomic E-state index is 0.0447. The van der Waals surface area contributed by atoms with E-state index in [2.05, 4.69) is 5.32 Å². The maximum absolute atomic E-state index is 12.5. The molecule has 1 aromatic rings. The number of nitrogens with zero attached hydrogens (tertiary/aromatic N) is 1. The van der Waals surface area contributed by atoms with E-state index < -0.39 is 12.1 Å². The molecule has 2 amide bonds. The molecule has 1 heterocycles. The van der Waals surface area contributed by atoms with Crippen molar-refractivity contribution in [2.75, 3.05) is 13.1 Å². The van der Waals surface area contributed by atoms with Crippen LogP contribution in [0.5, 0.6) is 0 Å². The van der Waals surface area contributed by atoms with Crippen molar-refractivity contribution in [3.05, 3.63) is 35.9 Å². The smallest absolute Gasteiger partial charge is 0.243 e. The van der Waals surface area contributed by atoms with E-state index in [0.717, 1.165) is 12.0 Å². The van der Waals surface area contributed by atoms with Crippen LogP contribution in [-0.4, -0.2) is 47.1 Å². The lowest BCUT2D eigenvalue weighted by atomic mass is 10.0. The van der Waals surface area contributed by atoms with Gasteiger partial charge in [-0.15, -0.1) is 0 Å². The van der Waals surface area contributed by atoms with Gasteiger partial charge in [-0.25, -0.2) is 0 Å². The van der Waals surface area contributed by atoms with E-state index in [0.29, 0.717) is 19.4 Å². The zero-order valence-corrected chi connectivity index (χ0v) is 13.9. The van der Waals surface area contributed by atoms with E-state index in [9.17, 15) is 14.7 Å². The zero-order chi connectivity index (χ0) is 16.8. The van der Waals surface area contributed by atoms with Gasteiger partial charge >= 0.3 is 0 Å². The second-order valence-corrected chi connectivity index (χ2v) is 6.47. The number of carbonyl (C=O) groups is 2. The fourth-order valence-corrected chi connectivity index (χ4v) is 3.05. The number of hydrogen-bond donors (Lipinski definition) is 2. The Kier molecular flexibility index (Phi) is 6.16. The first-order valence-electron chi connectivity index (χ1n) is 8.28. The van der Waals surface area contributed by atoms with Gasteiger partial charge in [0.2, 0.25) is 11.8 Å². The highest BCUT2D eigenvalue weighted by molar-refractivity contribution is 5.88. The first-order valence-corrected chi connectivity index (χ1v) is 8.28. The molecule has 0 saturated carbocycles. The van der Waals surface area contributed by atoms with Gasteiger partial charge in [0.15, 0.2) is 0 Å². The number of likely N-dealkylation sites (tertiary alicyclic amines) is 1. The molecule has 1 saturated heterocycles. The molecule has 0 radical (unpaired) electrons. The van der Waals surface area contributed by atoms with Crippen LogP contribution in [0.4, 0.5) is 0 Å². The molecular formula is C18H26N2O3. The lowest BCUT2D eigenvalue weighted by molar-refractivity contribution is -0.139. The normalized spacial score (nSPS) is 17.4. The highest BCUT2D eigenvalue weighted by atomic mass is 16.3. The standard InChI is InChI=1S/C18H26N2O3/c1-13(2)17(20-10-6-9-16(20)22)18(23)19-12-15(21)11-14-7-4-3-5-8-14/h3-5,7-8,13,15,17,21H,6,9-12H2,1-2H3,(H,19,23)/t15-,17+/m1/s1. The molecule has 2 rings (SSSR count). The number of rotatable bonds is 7. The summed E-state index contributed by atoms with van der Waals surface area (Å²) in [5.41, 5.74) is 1.03. The van der Waals surface area contributed by atoms with Crippen LogP contribution in [0, 0.1) is 5.92 Å². The minimum Gasteiger partial charge on any atom is -0.391 e. The third-order valence-electron chi connectivity index (χ3n) is 4.17. The van der Waals surface area contributed by atoms with E-state index in [4.69, 9.17) is 0 Å². The molecule has 126 valence electrons. The Balaban J connectivity index is 1.87. The molecule has 0 spiro atoms. The van der Waals surface area contributed by atoms with Crippen LogP contribution in [0.25, 0.3) is 0 Å². The van der Waals surface area contributed by atoms with Crippen molar-refractivity contribution >= 4 is 11.8 Å². The van der Waals surface area contributed by atoms with Crippen LogP contribution in [0.3, 0.4) is 0 Å². The molecule has 23 heavy (non-hydrogen) atoms. The van der Waals surface area contributed by atoms with Gasteiger partial charge in [-0.1, -0.05) is 44.2 Å². The molecule has 0 unspecified atom stereocenters. The number of carbonyl (C=O) groups excluding carboxylic acids is 2. The monoisotopic (exact) mass is 318 g/mol. The maximum atomic E-state index is 12.5. The number of benzene rings is 1. The van der Waals surface area contributed by atoms with E-state index in [1.807, 2.05) is 44.2 Å². The number of aliphatic hydroxyl groups excluding tert-OH is 1. The first kappa shape index (κ1) is 17.5. The average Bonchev–Trinajstić information content (AvgIpc) is 2.92. The molecule has 2 N–H and O–H groups in total. The highest BCUT2D eigenvalue weighted by Gasteiger charge is 2.34. The summed E-state index contributed by atoms with van der Waals surface area (Å²) in [6, 6.07) is 9.23. The predicted octanol–water partition coefficient (Wildman–Crippen LogP) is 1.35. The van der Waals surface area contributed by atoms with Crippen LogP contribution in [0.15, 0.2) is 30.3 Å². The number of hydrogen-bond acceptors (Lipinski definition) is 3. The SMILES string of the molecule is CC(C)[C@@H](C(=O)NC[C@H](O)Cc1ccccc1)N1CCCC1=O. The Morgan fingerprint density at radius 3 is 2.57 bits per heavy atom. The Labute approximate surface area is 137 Å². The van der Waals surface area contributed by atoms with E-state index in [-0.39, 0.29) is 24.3 Å². The van der Waals surface area contributed by atoms with Crippen LogP contribution in [0.2, 0.25) is 0 Å². The maximum Gasteiger partial charge on any atom is 0.243 e. The van der Waals surface area contributed by atoms with Crippen molar-refractivity contribution in [3.63, 3.8) is 0 Å². The molecule has 5 heteroatoms. The molecule has 2 atom stereocenters. The van der Waals surface area contributed by atoms with Gasteiger partial charge in [-0.2, -0.15) is 0 Å². The second-order valence-electron chi connectivity index (χ2n) is 6.47. The van der Waals surface area contributed by atoms with Crippen molar-refractivity contribution < 1.29 is 14.7 Å². The quantitative estimate of drug-likeness (QED) is 0.797. The van der Waals surface area contributed by atoms with Crippen LogP contribution in [0.1, 0.15) is 32.3 Å². The minimum atomic E-state index is -0.636. The third kappa shape index (κ3) is 4.79. The molecule has 1 aromatic carbocycles. The van der Waals surface area contributed by atoms with Crippen LogP contribution >= 0.6 is 0 Å². The number of nitrogens with one attached hydrogen (secondary N) is 1. The van der Waals surface area contributed by atoms with Gasteiger partial charge in [0.25, 0.3) is 0 Å². The summed E-state index contributed by atoms with van der Waals surface area (Å²) in [4.78, 5) is 26.0. The molecule has 1 aliphatic rings. The largest absolute Gasteiger partial charge is 0.391 e. The van der Waals surface area contributed by atoms with Crippen molar-refractivity contribution in [2.24, 2.45) is 5.92 Å². The Hall–Kier alpha value is -1.88. The summed E-state index contributed by atoms with van der Waals surface area (Å²) >= 11 is 0. The van der Waals surface area contributed by atoms with Gasteiger partial charge in [-0.05, 0) is 17.9 Å². The number of aliphatic hydroxyl groups is 1. The molecular weight excluding hydrogens is 292 g/mol. The lowest BCUT2D eigenvalue weighted by Crippen LogP contribution is -2.51. The molecule has 0 bridgehead atoms. The molecule has 5 nitrogen and oxygen atoms in total. The van der Waals surface area contributed by atoms with Gasteiger partial charge in [0.05, 0.1) is 6.10 Å². The fourth-order valence-electron chi connectivity index (χ4n) is 3.05. The molecule has 1 aliphatic heterocycles. The summed E-state index contributed by atoms with van der Waals surface area (Å²) in [7, 11) is 0. The Morgan fingerprint density at radius 1 is 1.30 bits per heavy atom. The number of amides is 2. The lowest BCUT2D eigenvalue weighted by Gasteiger charge is -2.30. The highest BCUT2D eigenvalue weighted by Crippen LogP contribution is 2.19. The van der Waals surface area contributed by atoms with E-state index >= 15 is 0 Å². The summed E-state index contributed by atoms with van der Waals surface area (Å²) in [5, 5.41) is 12.9. The van der Waals surface area contributed by atoms with Crippen LogP contribution < -0.4 is 5.32 Å². The third-order valence-corrected chi connectivity index (χ3v) is 4.17. The Bertz CT molecular complexity index is 530. The molecule has 1 fully saturated rings. The van der Waals surface area contributed by atoms with E-state index in [1.54, 1.807) is 4.90 Å². The van der Waals surface area contributed by atoms with Crippen molar-refractivity contribution in [1.82, 2.24) is 10.2 Å². The van der Waals surface area contributed by atoms with Crippen LogP contribution in [-0.2, 0) is 16.0 Å².